The van der Waals surface area contributed by atoms with Gasteiger partial charge in [-0.25, -0.2) is 0 Å². The molecule has 2 rings (SSSR count). The van der Waals surface area contributed by atoms with Crippen molar-refractivity contribution in [3.63, 3.8) is 0 Å². The Balaban J connectivity index is 2.29. The first-order chi connectivity index (χ1) is 7.49. The van der Waals surface area contributed by atoms with Crippen molar-refractivity contribution in [2.45, 2.75) is 44.8 Å². The van der Waals surface area contributed by atoms with E-state index in [-0.39, 0.29) is 23.4 Å². The van der Waals surface area contributed by atoms with Crippen molar-refractivity contribution in [2.75, 3.05) is 0 Å². The molecule has 0 aromatic heterocycles. The van der Waals surface area contributed by atoms with Crippen LogP contribution in [0.4, 0.5) is 0 Å². The summed E-state index contributed by atoms with van der Waals surface area (Å²) in [5.41, 5.74) is 1.00. The summed E-state index contributed by atoms with van der Waals surface area (Å²) in [5.74, 6) is 0.327. The van der Waals surface area contributed by atoms with Gasteiger partial charge in [0.05, 0.1) is 5.60 Å². The Morgan fingerprint density at radius 1 is 1.31 bits per heavy atom. The maximum absolute atomic E-state index is 11.6. The molecule has 1 aromatic rings. The molecular formula is C14H18O2. The van der Waals surface area contributed by atoms with Crippen LogP contribution in [-0.4, -0.2) is 17.5 Å². The van der Waals surface area contributed by atoms with E-state index in [4.69, 9.17) is 4.74 Å². The molecule has 1 aliphatic heterocycles. The molecule has 0 radical (unpaired) electrons. The van der Waals surface area contributed by atoms with Crippen LogP contribution < -0.4 is 0 Å². The second-order valence-corrected chi connectivity index (χ2v) is 5.13. The van der Waals surface area contributed by atoms with E-state index in [0.29, 0.717) is 0 Å². The summed E-state index contributed by atoms with van der Waals surface area (Å²) in [6.45, 7) is 5.71. The lowest BCUT2D eigenvalue weighted by Gasteiger charge is -2.17. The van der Waals surface area contributed by atoms with Gasteiger partial charge in [-0.1, -0.05) is 30.3 Å². The summed E-state index contributed by atoms with van der Waals surface area (Å²) in [7, 11) is 0. The molecule has 2 atom stereocenters. The number of benzene rings is 1. The fraction of sp³-hybridized carbons (Fsp3) is 0.500. The molecule has 2 nitrogen and oxygen atoms in total. The molecule has 1 unspecified atom stereocenters. The first-order valence-corrected chi connectivity index (χ1v) is 5.73. The number of hydrogen-bond donors (Lipinski definition) is 0. The summed E-state index contributed by atoms with van der Waals surface area (Å²) >= 11 is 0. The molecule has 86 valence electrons. The molecule has 0 saturated carbocycles. The second kappa shape index (κ2) is 4.02. The normalized spacial score (nSPS) is 27.9. The third-order valence-electron chi connectivity index (χ3n) is 3.15. The second-order valence-electron chi connectivity index (χ2n) is 5.13. The van der Waals surface area contributed by atoms with Crippen LogP contribution in [0.25, 0.3) is 0 Å². The summed E-state index contributed by atoms with van der Waals surface area (Å²) in [6.07, 6.45) is 0.624. The number of Topliss-reactive ketones (excluding diaryl/α,β-unsaturated/α-hetero) is 1. The number of carbonyl (C=O) groups excluding carboxylic acids is 1. The van der Waals surface area contributed by atoms with Crippen molar-refractivity contribution < 1.29 is 9.53 Å². The Kier molecular flexibility index (Phi) is 2.85. The average molecular weight is 218 g/mol. The van der Waals surface area contributed by atoms with Gasteiger partial charge in [-0.05, 0) is 32.8 Å². The average Bonchev–Trinajstić information content (AvgIpc) is 2.56. The Hall–Kier alpha value is -1.15. The molecular weight excluding hydrogens is 200 g/mol. The summed E-state index contributed by atoms with van der Waals surface area (Å²) in [5, 5.41) is 0. The number of ether oxygens (including phenoxy) is 1. The highest BCUT2D eigenvalue weighted by atomic mass is 16.5. The van der Waals surface area contributed by atoms with E-state index >= 15 is 0 Å². The molecule has 0 amide bonds. The van der Waals surface area contributed by atoms with E-state index in [1.807, 2.05) is 32.0 Å². The van der Waals surface area contributed by atoms with E-state index < -0.39 is 0 Å². The first-order valence-electron chi connectivity index (χ1n) is 5.73. The molecule has 0 spiro atoms. The predicted molar refractivity (Wildman–Crippen MR) is 63.4 cm³/mol. The van der Waals surface area contributed by atoms with Gasteiger partial charge >= 0.3 is 0 Å². The van der Waals surface area contributed by atoms with Crippen molar-refractivity contribution in [3.05, 3.63) is 35.9 Å². The lowest BCUT2D eigenvalue weighted by atomic mass is 9.87. The van der Waals surface area contributed by atoms with E-state index in [9.17, 15) is 4.79 Å². The van der Waals surface area contributed by atoms with Crippen molar-refractivity contribution in [3.8, 4) is 0 Å². The van der Waals surface area contributed by atoms with E-state index in [2.05, 4.69) is 12.1 Å². The highest BCUT2D eigenvalue weighted by Gasteiger charge is 2.42. The van der Waals surface area contributed by atoms with Gasteiger partial charge in [0, 0.05) is 5.92 Å². The number of ketones is 1. The van der Waals surface area contributed by atoms with Gasteiger partial charge in [0.1, 0.15) is 6.10 Å². The smallest absolute Gasteiger partial charge is 0.159 e. The van der Waals surface area contributed by atoms with Gasteiger partial charge in [0.2, 0.25) is 0 Å². The zero-order valence-electron chi connectivity index (χ0n) is 10.1. The molecule has 1 aromatic carbocycles. The van der Waals surface area contributed by atoms with Crippen LogP contribution in [0.3, 0.4) is 0 Å². The van der Waals surface area contributed by atoms with Crippen LogP contribution in [-0.2, 0) is 9.53 Å². The third kappa shape index (κ3) is 2.17. The minimum atomic E-state index is -0.280. The SMILES string of the molecule is CC(=O)[C@@H]1OC(C)(C)CC1c1ccccc1. The standard InChI is InChI=1S/C14H18O2/c1-10(15)13-12(9-14(2,3)16-13)11-7-5-4-6-8-11/h4-8,12-13H,9H2,1-3H3/t12?,13-/m0/s1. The Morgan fingerprint density at radius 3 is 2.50 bits per heavy atom. The molecule has 16 heavy (non-hydrogen) atoms. The van der Waals surface area contributed by atoms with Crippen LogP contribution in [0.1, 0.15) is 38.7 Å². The quantitative estimate of drug-likeness (QED) is 0.763. The molecule has 1 saturated heterocycles. The van der Waals surface area contributed by atoms with Crippen LogP contribution in [0.2, 0.25) is 0 Å². The Labute approximate surface area is 96.6 Å². The van der Waals surface area contributed by atoms with Crippen molar-refractivity contribution in [2.24, 2.45) is 0 Å². The maximum Gasteiger partial charge on any atom is 0.159 e. The number of hydrogen-bond acceptors (Lipinski definition) is 2. The van der Waals surface area contributed by atoms with Crippen molar-refractivity contribution in [1.82, 2.24) is 0 Å². The zero-order valence-corrected chi connectivity index (χ0v) is 10.1. The minimum Gasteiger partial charge on any atom is -0.364 e. The highest BCUT2D eigenvalue weighted by Crippen LogP contribution is 2.41. The Bertz CT molecular complexity index is 381. The van der Waals surface area contributed by atoms with Gasteiger partial charge in [0.15, 0.2) is 5.78 Å². The summed E-state index contributed by atoms with van der Waals surface area (Å²) < 4.78 is 5.83. The minimum absolute atomic E-state index is 0.124. The third-order valence-corrected chi connectivity index (χ3v) is 3.15. The highest BCUT2D eigenvalue weighted by molar-refractivity contribution is 5.82. The molecule has 0 N–H and O–H groups in total. The fourth-order valence-corrected chi connectivity index (χ4v) is 2.47. The van der Waals surface area contributed by atoms with Crippen LogP contribution in [0.5, 0.6) is 0 Å². The lowest BCUT2D eigenvalue weighted by Crippen LogP contribution is -2.25. The molecule has 0 aliphatic carbocycles. The number of carbonyl (C=O) groups is 1. The fourth-order valence-electron chi connectivity index (χ4n) is 2.47. The molecule has 1 heterocycles. The topological polar surface area (TPSA) is 26.3 Å². The van der Waals surface area contributed by atoms with Gasteiger partial charge in [-0.2, -0.15) is 0 Å². The van der Waals surface area contributed by atoms with E-state index in [0.717, 1.165) is 6.42 Å². The van der Waals surface area contributed by atoms with Crippen LogP contribution in [0, 0.1) is 0 Å². The van der Waals surface area contributed by atoms with Gasteiger partial charge in [0.25, 0.3) is 0 Å². The molecule has 1 fully saturated rings. The Morgan fingerprint density at radius 2 is 1.94 bits per heavy atom. The summed E-state index contributed by atoms with van der Waals surface area (Å²) in [4.78, 5) is 11.6. The summed E-state index contributed by atoms with van der Waals surface area (Å²) in [6, 6.07) is 10.2. The zero-order chi connectivity index (χ0) is 11.8. The molecule has 2 heteroatoms. The first kappa shape index (κ1) is 11.3. The maximum atomic E-state index is 11.6. The van der Waals surface area contributed by atoms with Crippen molar-refractivity contribution in [1.29, 1.82) is 0 Å². The van der Waals surface area contributed by atoms with Gasteiger partial charge in [-0.15, -0.1) is 0 Å². The predicted octanol–water partition coefficient (Wildman–Crippen LogP) is 2.93. The lowest BCUT2D eigenvalue weighted by molar-refractivity contribution is -0.131. The monoisotopic (exact) mass is 218 g/mol. The largest absolute Gasteiger partial charge is 0.364 e. The van der Waals surface area contributed by atoms with Crippen LogP contribution in [0.15, 0.2) is 30.3 Å². The molecule has 1 aliphatic rings. The van der Waals surface area contributed by atoms with Crippen molar-refractivity contribution >= 4 is 5.78 Å². The van der Waals surface area contributed by atoms with Gasteiger partial charge in [-0.3, -0.25) is 4.79 Å². The van der Waals surface area contributed by atoms with E-state index in [1.165, 1.54) is 5.56 Å². The number of rotatable bonds is 2. The van der Waals surface area contributed by atoms with Crippen LogP contribution >= 0.6 is 0 Å². The van der Waals surface area contributed by atoms with Gasteiger partial charge < -0.3 is 4.74 Å². The van der Waals surface area contributed by atoms with E-state index in [1.54, 1.807) is 6.92 Å². The molecule has 0 bridgehead atoms.